The minimum atomic E-state index is 0.434. The van der Waals surface area contributed by atoms with E-state index < -0.39 is 0 Å². The molecule has 0 spiro atoms. The third kappa shape index (κ3) is 2.83. The molecule has 1 aliphatic carbocycles. The van der Waals surface area contributed by atoms with Gasteiger partial charge in [-0.25, -0.2) is 4.98 Å². The van der Waals surface area contributed by atoms with Crippen molar-refractivity contribution in [2.45, 2.75) is 45.7 Å². The number of hydrogen-bond acceptors (Lipinski definition) is 3. The minimum Gasteiger partial charge on any atom is -0.356 e. The van der Waals surface area contributed by atoms with Gasteiger partial charge in [-0.15, -0.1) is 0 Å². The van der Waals surface area contributed by atoms with Gasteiger partial charge in [0.05, 0.1) is 0 Å². The lowest BCUT2D eigenvalue weighted by atomic mass is 9.93. The van der Waals surface area contributed by atoms with Crippen LogP contribution in [0.1, 0.15) is 38.7 Å². The smallest absolute Gasteiger partial charge is 0.128 e. The molecule has 18 heavy (non-hydrogen) atoms. The van der Waals surface area contributed by atoms with E-state index in [4.69, 9.17) is 0 Å². The molecule has 0 atom stereocenters. The van der Waals surface area contributed by atoms with Gasteiger partial charge in [-0.1, -0.05) is 13.8 Å². The quantitative estimate of drug-likeness (QED) is 0.883. The Kier molecular flexibility index (Phi) is 3.02. The molecule has 1 saturated carbocycles. The number of anilines is 1. The normalized spacial score (nSPS) is 22.4. The van der Waals surface area contributed by atoms with E-state index in [0.29, 0.717) is 5.41 Å². The zero-order valence-corrected chi connectivity index (χ0v) is 11.4. The molecule has 3 nitrogen and oxygen atoms in total. The fourth-order valence-electron chi connectivity index (χ4n) is 2.60. The lowest BCUT2D eigenvalue weighted by Gasteiger charge is -2.21. The Morgan fingerprint density at radius 3 is 2.94 bits per heavy atom. The second-order valence-electron chi connectivity index (χ2n) is 6.51. The number of hydrogen-bond donors (Lipinski definition) is 1. The van der Waals surface area contributed by atoms with Crippen LogP contribution in [0.5, 0.6) is 0 Å². The second-order valence-corrected chi connectivity index (χ2v) is 6.51. The number of rotatable bonds is 4. The molecule has 2 heterocycles. The monoisotopic (exact) mass is 245 g/mol. The summed E-state index contributed by atoms with van der Waals surface area (Å²) >= 11 is 0. The van der Waals surface area contributed by atoms with E-state index in [1.54, 1.807) is 0 Å². The zero-order chi connectivity index (χ0) is 12.6. The largest absolute Gasteiger partial charge is 0.356 e. The first-order chi connectivity index (χ1) is 8.62. The summed E-state index contributed by atoms with van der Waals surface area (Å²) in [5.74, 6) is 1.15. The Labute approximate surface area is 110 Å². The molecule has 2 aliphatic rings. The molecule has 1 aromatic heterocycles. The van der Waals surface area contributed by atoms with Crippen LogP contribution in [0.2, 0.25) is 0 Å². The highest BCUT2D eigenvalue weighted by molar-refractivity contribution is 5.42. The molecule has 1 N–H and O–H groups in total. The van der Waals surface area contributed by atoms with Gasteiger partial charge in [0.2, 0.25) is 0 Å². The van der Waals surface area contributed by atoms with Gasteiger partial charge in [0.1, 0.15) is 5.82 Å². The van der Waals surface area contributed by atoms with Gasteiger partial charge in [0.15, 0.2) is 0 Å². The average Bonchev–Trinajstić information content (AvgIpc) is 3.10. The SMILES string of the molecule is CC1(C)CCN(c2cc(CNC3CC3)ccn2)C1. The first kappa shape index (κ1) is 12.0. The molecule has 0 aromatic carbocycles. The summed E-state index contributed by atoms with van der Waals surface area (Å²) in [6, 6.07) is 5.14. The maximum atomic E-state index is 4.53. The minimum absolute atomic E-state index is 0.434. The summed E-state index contributed by atoms with van der Waals surface area (Å²) < 4.78 is 0. The maximum Gasteiger partial charge on any atom is 0.128 e. The van der Waals surface area contributed by atoms with Gasteiger partial charge in [-0.2, -0.15) is 0 Å². The first-order valence-electron chi connectivity index (χ1n) is 7.06. The molecule has 0 bridgehead atoms. The number of nitrogens with zero attached hydrogens (tertiary/aromatic N) is 2. The maximum absolute atomic E-state index is 4.53. The molecule has 0 unspecified atom stereocenters. The summed E-state index contributed by atoms with van der Waals surface area (Å²) in [5, 5.41) is 3.56. The highest BCUT2D eigenvalue weighted by atomic mass is 15.2. The zero-order valence-electron chi connectivity index (χ0n) is 11.4. The fourth-order valence-corrected chi connectivity index (χ4v) is 2.60. The molecule has 3 heteroatoms. The van der Waals surface area contributed by atoms with Crippen LogP contribution in [0.15, 0.2) is 18.3 Å². The lowest BCUT2D eigenvalue weighted by molar-refractivity contribution is 0.418. The van der Waals surface area contributed by atoms with E-state index in [1.165, 1.54) is 24.8 Å². The van der Waals surface area contributed by atoms with Gasteiger partial charge >= 0.3 is 0 Å². The highest BCUT2D eigenvalue weighted by Crippen LogP contribution is 2.31. The average molecular weight is 245 g/mol. The molecule has 2 fully saturated rings. The fraction of sp³-hybridized carbons (Fsp3) is 0.667. The van der Waals surface area contributed by atoms with Crippen molar-refractivity contribution in [2.75, 3.05) is 18.0 Å². The van der Waals surface area contributed by atoms with Crippen molar-refractivity contribution in [3.8, 4) is 0 Å². The van der Waals surface area contributed by atoms with E-state index in [-0.39, 0.29) is 0 Å². The molecule has 1 saturated heterocycles. The van der Waals surface area contributed by atoms with Crippen molar-refractivity contribution in [2.24, 2.45) is 5.41 Å². The lowest BCUT2D eigenvalue weighted by Crippen LogP contribution is -2.24. The predicted molar refractivity (Wildman–Crippen MR) is 74.7 cm³/mol. The molecule has 1 aliphatic heterocycles. The van der Waals surface area contributed by atoms with Gasteiger partial charge in [-0.3, -0.25) is 0 Å². The van der Waals surface area contributed by atoms with Crippen LogP contribution in [-0.4, -0.2) is 24.1 Å². The van der Waals surface area contributed by atoms with Crippen LogP contribution in [0.3, 0.4) is 0 Å². The van der Waals surface area contributed by atoms with E-state index >= 15 is 0 Å². The third-order valence-corrected chi connectivity index (χ3v) is 3.98. The van der Waals surface area contributed by atoms with Crippen LogP contribution < -0.4 is 10.2 Å². The Balaban J connectivity index is 1.66. The van der Waals surface area contributed by atoms with E-state index in [2.05, 4.69) is 41.2 Å². The topological polar surface area (TPSA) is 28.2 Å². The van der Waals surface area contributed by atoms with Crippen molar-refractivity contribution < 1.29 is 0 Å². The van der Waals surface area contributed by atoms with Crippen molar-refractivity contribution in [1.29, 1.82) is 0 Å². The molecular weight excluding hydrogens is 222 g/mol. The summed E-state index contributed by atoms with van der Waals surface area (Å²) in [7, 11) is 0. The Morgan fingerprint density at radius 1 is 1.44 bits per heavy atom. The molecular formula is C15H23N3. The van der Waals surface area contributed by atoms with Crippen molar-refractivity contribution in [3.05, 3.63) is 23.9 Å². The summed E-state index contributed by atoms with van der Waals surface area (Å²) in [6.45, 7) is 7.92. The standard InChI is InChI=1S/C15H23N3/c1-15(2)6-8-18(11-15)14-9-12(5-7-16-14)10-17-13-3-4-13/h5,7,9,13,17H,3-4,6,8,10-11H2,1-2H3. The molecule has 98 valence electrons. The summed E-state index contributed by atoms with van der Waals surface area (Å²) in [6.07, 6.45) is 5.90. The van der Waals surface area contributed by atoms with Gasteiger partial charge in [0.25, 0.3) is 0 Å². The number of nitrogens with one attached hydrogen (secondary N) is 1. The van der Waals surface area contributed by atoms with Gasteiger partial charge < -0.3 is 10.2 Å². The molecule has 0 amide bonds. The van der Waals surface area contributed by atoms with Crippen molar-refractivity contribution >= 4 is 5.82 Å². The van der Waals surface area contributed by atoms with Crippen LogP contribution in [-0.2, 0) is 6.54 Å². The Morgan fingerprint density at radius 2 is 2.28 bits per heavy atom. The number of aromatic nitrogens is 1. The van der Waals surface area contributed by atoms with E-state index in [1.807, 2.05) is 6.20 Å². The Bertz CT molecular complexity index is 424. The molecule has 1 aromatic rings. The van der Waals surface area contributed by atoms with Gasteiger partial charge in [-0.05, 0) is 42.4 Å². The van der Waals surface area contributed by atoms with Gasteiger partial charge in [0, 0.05) is 31.9 Å². The highest BCUT2D eigenvalue weighted by Gasteiger charge is 2.29. The van der Waals surface area contributed by atoms with Crippen molar-refractivity contribution in [3.63, 3.8) is 0 Å². The van der Waals surface area contributed by atoms with E-state index in [9.17, 15) is 0 Å². The molecule has 0 radical (unpaired) electrons. The number of pyridine rings is 1. The first-order valence-corrected chi connectivity index (χ1v) is 7.06. The van der Waals surface area contributed by atoms with Crippen molar-refractivity contribution in [1.82, 2.24) is 10.3 Å². The summed E-state index contributed by atoms with van der Waals surface area (Å²) in [5.41, 5.74) is 1.79. The predicted octanol–water partition coefficient (Wildman–Crippen LogP) is 2.57. The summed E-state index contributed by atoms with van der Waals surface area (Å²) in [4.78, 5) is 6.95. The third-order valence-electron chi connectivity index (χ3n) is 3.98. The van der Waals surface area contributed by atoms with Crippen LogP contribution in [0.4, 0.5) is 5.82 Å². The Hall–Kier alpha value is -1.09. The second kappa shape index (κ2) is 4.54. The molecule has 3 rings (SSSR count). The van der Waals surface area contributed by atoms with Crippen LogP contribution >= 0.6 is 0 Å². The van der Waals surface area contributed by atoms with E-state index in [0.717, 1.165) is 31.5 Å². The van der Waals surface area contributed by atoms with Crippen LogP contribution in [0.25, 0.3) is 0 Å². The van der Waals surface area contributed by atoms with Crippen LogP contribution in [0, 0.1) is 5.41 Å².